The first kappa shape index (κ1) is 18.5. The molecule has 0 fully saturated rings. The molecule has 0 aliphatic rings. The van der Waals surface area contributed by atoms with Crippen LogP contribution in [0.2, 0.25) is 5.02 Å². The number of aromatic amines is 1. The van der Waals surface area contributed by atoms with Gasteiger partial charge in [0.25, 0.3) is 0 Å². The molecule has 0 aliphatic carbocycles. The van der Waals surface area contributed by atoms with Crippen molar-refractivity contribution in [1.29, 1.82) is 0 Å². The fourth-order valence-corrected chi connectivity index (χ4v) is 2.57. The monoisotopic (exact) mass is 368 g/mol. The molecule has 0 aliphatic heterocycles. The minimum absolute atomic E-state index is 0.0485. The van der Waals surface area contributed by atoms with E-state index in [0.29, 0.717) is 28.7 Å². The lowest BCUT2D eigenvalue weighted by molar-refractivity contribution is -0.130. The van der Waals surface area contributed by atoms with Crippen molar-refractivity contribution in [2.24, 2.45) is 0 Å². The molecular formula is C16H21ClN4O2S. The Balaban J connectivity index is 1.88. The summed E-state index contributed by atoms with van der Waals surface area (Å²) in [6, 6.07) is 7.26. The minimum Gasteiger partial charge on any atom is -0.490 e. The van der Waals surface area contributed by atoms with Crippen molar-refractivity contribution in [2.45, 2.75) is 26.3 Å². The molecule has 0 saturated heterocycles. The zero-order valence-corrected chi connectivity index (χ0v) is 15.4. The van der Waals surface area contributed by atoms with E-state index in [2.05, 4.69) is 17.1 Å². The van der Waals surface area contributed by atoms with Crippen LogP contribution in [-0.2, 0) is 17.8 Å². The standard InChI is InChI=1S/C16H21ClN4O2S/c1-3-6-14-18-19-16(24)21(14)11-15(22)20(2)9-10-23-13-8-5-4-7-12(13)17/h4-5,7-8H,3,6,9-11H2,1-2H3,(H,19,24). The minimum atomic E-state index is -0.0485. The van der Waals surface area contributed by atoms with Crippen molar-refractivity contribution in [3.05, 3.63) is 39.9 Å². The number of para-hydroxylation sites is 1. The number of hydrogen-bond donors (Lipinski definition) is 1. The first-order valence-electron chi connectivity index (χ1n) is 7.78. The SMILES string of the molecule is CCCc1n[nH]c(=S)n1CC(=O)N(C)CCOc1ccccc1Cl. The number of rotatable bonds is 8. The predicted octanol–water partition coefficient (Wildman–Crippen LogP) is 3.08. The van der Waals surface area contributed by atoms with Gasteiger partial charge in [-0.05, 0) is 30.8 Å². The Morgan fingerprint density at radius 1 is 1.46 bits per heavy atom. The molecule has 0 atom stereocenters. The third-order valence-corrected chi connectivity index (χ3v) is 4.17. The zero-order chi connectivity index (χ0) is 17.5. The summed E-state index contributed by atoms with van der Waals surface area (Å²) < 4.78 is 7.82. The molecule has 0 spiro atoms. The molecule has 24 heavy (non-hydrogen) atoms. The quantitative estimate of drug-likeness (QED) is 0.727. The topological polar surface area (TPSA) is 63.2 Å². The van der Waals surface area contributed by atoms with Crippen LogP contribution >= 0.6 is 23.8 Å². The summed E-state index contributed by atoms with van der Waals surface area (Å²) in [5.74, 6) is 1.37. The summed E-state index contributed by atoms with van der Waals surface area (Å²) in [7, 11) is 1.74. The highest BCUT2D eigenvalue weighted by atomic mass is 35.5. The molecule has 1 N–H and O–H groups in total. The lowest BCUT2D eigenvalue weighted by Gasteiger charge is -2.18. The van der Waals surface area contributed by atoms with Gasteiger partial charge in [-0.1, -0.05) is 30.7 Å². The maximum absolute atomic E-state index is 12.4. The van der Waals surface area contributed by atoms with E-state index in [9.17, 15) is 4.79 Å². The second-order valence-corrected chi connectivity index (χ2v) is 6.17. The van der Waals surface area contributed by atoms with E-state index in [-0.39, 0.29) is 12.5 Å². The van der Waals surface area contributed by atoms with Crippen molar-refractivity contribution < 1.29 is 9.53 Å². The van der Waals surface area contributed by atoms with Crippen LogP contribution in [0.4, 0.5) is 0 Å². The van der Waals surface area contributed by atoms with E-state index >= 15 is 0 Å². The van der Waals surface area contributed by atoms with Gasteiger partial charge in [0.1, 0.15) is 24.7 Å². The molecule has 0 unspecified atom stereocenters. The van der Waals surface area contributed by atoms with Gasteiger partial charge in [0.05, 0.1) is 11.6 Å². The van der Waals surface area contributed by atoms with E-state index < -0.39 is 0 Å². The van der Waals surface area contributed by atoms with Gasteiger partial charge in [-0.25, -0.2) is 0 Å². The Kier molecular flexibility index (Phi) is 6.81. The van der Waals surface area contributed by atoms with Crippen LogP contribution in [0.3, 0.4) is 0 Å². The van der Waals surface area contributed by atoms with Crippen molar-refractivity contribution >= 4 is 29.7 Å². The van der Waals surface area contributed by atoms with Crippen LogP contribution < -0.4 is 4.74 Å². The van der Waals surface area contributed by atoms with Gasteiger partial charge in [0.15, 0.2) is 4.77 Å². The number of H-pyrrole nitrogens is 1. The number of nitrogens with zero attached hydrogens (tertiary/aromatic N) is 3. The summed E-state index contributed by atoms with van der Waals surface area (Å²) in [6.07, 6.45) is 1.72. The predicted molar refractivity (Wildman–Crippen MR) is 96.0 cm³/mol. The number of halogens is 1. The molecule has 130 valence electrons. The third kappa shape index (κ3) is 4.82. The van der Waals surface area contributed by atoms with Gasteiger partial charge in [-0.15, -0.1) is 0 Å². The van der Waals surface area contributed by atoms with Crippen LogP contribution in [0.1, 0.15) is 19.2 Å². The largest absolute Gasteiger partial charge is 0.490 e. The second-order valence-electron chi connectivity index (χ2n) is 5.38. The summed E-state index contributed by atoms with van der Waals surface area (Å²) >= 11 is 11.2. The highest BCUT2D eigenvalue weighted by Gasteiger charge is 2.14. The third-order valence-electron chi connectivity index (χ3n) is 3.55. The van der Waals surface area contributed by atoms with Crippen molar-refractivity contribution in [1.82, 2.24) is 19.7 Å². The van der Waals surface area contributed by atoms with Crippen LogP contribution in [0.5, 0.6) is 5.75 Å². The summed E-state index contributed by atoms with van der Waals surface area (Å²) in [5.41, 5.74) is 0. The Morgan fingerprint density at radius 3 is 2.92 bits per heavy atom. The normalized spacial score (nSPS) is 10.6. The zero-order valence-electron chi connectivity index (χ0n) is 13.8. The average Bonchev–Trinajstić information content (AvgIpc) is 2.90. The summed E-state index contributed by atoms with van der Waals surface area (Å²) in [4.78, 5) is 14.0. The molecular weight excluding hydrogens is 348 g/mol. The molecule has 2 aromatic rings. The first-order chi connectivity index (χ1) is 11.5. The maximum Gasteiger partial charge on any atom is 0.242 e. The fourth-order valence-electron chi connectivity index (χ4n) is 2.16. The number of amides is 1. The first-order valence-corrected chi connectivity index (χ1v) is 8.57. The Bertz CT molecular complexity index is 744. The molecule has 0 saturated carbocycles. The number of ether oxygens (including phenoxy) is 1. The van der Waals surface area contributed by atoms with Gasteiger partial charge < -0.3 is 9.64 Å². The number of carbonyl (C=O) groups excluding carboxylic acids is 1. The van der Waals surface area contributed by atoms with Crippen molar-refractivity contribution in [3.63, 3.8) is 0 Å². The Hall–Kier alpha value is -1.86. The fraction of sp³-hybridized carbons (Fsp3) is 0.438. The van der Waals surface area contributed by atoms with E-state index in [1.807, 2.05) is 12.1 Å². The van der Waals surface area contributed by atoms with Crippen LogP contribution in [-0.4, -0.2) is 45.8 Å². The van der Waals surface area contributed by atoms with Gasteiger partial charge in [-0.2, -0.15) is 5.10 Å². The lowest BCUT2D eigenvalue weighted by atomic mass is 10.3. The van der Waals surface area contributed by atoms with Gasteiger partial charge >= 0.3 is 0 Å². The maximum atomic E-state index is 12.4. The molecule has 2 rings (SSSR count). The van der Waals surface area contributed by atoms with E-state index in [0.717, 1.165) is 18.7 Å². The number of likely N-dealkylation sites (N-methyl/N-ethyl adjacent to an activating group) is 1. The molecule has 1 aromatic carbocycles. The number of aryl methyl sites for hydroxylation is 1. The molecule has 6 nitrogen and oxygen atoms in total. The van der Waals surface area contributed by atoms with Gasteiger partial charge in [0, 0.05) is 13.5 Å². The summed E-state index contributed by atoms with van der Waals surface area (Å²) in [6.45, 7) is 3.05. The van der Waals surface area contributed by atoms with Crippen molar-refractivity contribution in [3.8, 4) is 5.75 Å². The van der Waals surface area contributed by atoms with Crippen molar-refractivity contribution in [2.75, 3.05) is 20.2 Å². The lowest BCUT2D eigenvalue weighted by Crippen LogP contribution is -2.34. The van der Waals surface area contributed by atoms with Crippen LogP contribution in [0.15, 0.2) is 24.3 Å². The number of carbonyl (C=O) groups is 1. The number of hydrogen-bond acceptors (Lipinski definition) is 4. The highest BCUT2D eigenvalue weighted by Crippen LogP contribution is 2.22. The smallest absolute Gasteiger partial charge is 0.242 e. The molecule has 0 bridgehead atoms. The molecule has 8 heteroatoms. The summed E-state index contributed by atoms with van der Waals surface area (Å²) in [5, 5.41) is 7.46. The molecule has 0 radical (unpaired) electrons. The van der Waals surface area contributed by atoms with E-state index in [1.54, 1.807) is 28.6 Å². The number of aromatic nitrogens is 3. The average molecular weight is 369 g/mol. The van der Waals surface area contributed by atoms with Crippen LogP contribution in [0, 0.1) is 4.77 Å². The van der Waals surface area contributed by atoms with E-state index in [1.165, 1.54) is 0 Å². The second kappa shape index (κ2) is 8.84. The highest BCUT2D eigenvalue weighted by molar-refractivity contribution is 7.71. The number of nitrogens with one attached hydrogen (secondary N) is 1. The Labute approximate surface area is 151 Å². The molecule has 1 amide bonds. The van der Waals surface area contributed by atoms with Crippen LogP contribution in [0.25, 0.3) is 0 Å². The molecule has 1 aromatic heterocycles. The van der Waals surface area contributed by atoms with Gasteiger partial charge in [-0.3, -0.25) is 14.5 Å². The molecule has 1 heterocycles. The van der Waals surface area contributed by atoms with E-state index in [4.69, 9.17) is 28.6 Å². The van der Waals surface area contributed by atoms with Gasteiger partial charge in [0.2, 0.25) is 5.91 Å². The number of benzene rings is 1. The Morgan fingerprint density at radius 2 is 2.21 bits per heavy atom.